The molecule has 0 bridgehead atoms. The fourth-order valence-electron chi connectivity index (χ4n) is 3.21. The smallest absolute Gasteiger partial charge is 0.283 e. The Balaban J connectivity index is 1.28. The largest absolute Gasteiger partial charge is 0.459 e. The molecule has 0 spiro atoms. The van der Waals surface area contributed by atoms with Crippen LogP contribution in [0, 0.1) is 5.82 Å². The molecule has 1 N–H and O–H groups in total. The van der Waals surface area contributed by atoms with Crippen molar-refractivity contribution < 1.29 is 18.0 Å². The summed E-state index contributed by atoms with van der Waals surface area (Å²) in [6, 6.07) is 9.42. The highest BCUT2D eigenvalue weighted by Crippen LogP contribution is 2.29. The number of carbonyl (C=O) groups excluding carboxylic acids is 1. The summed E-state index contributed by atoms with van der Waals surface area (Å²) in [6.45, 7) is 1.77. The van der Waals surface area contributed by atoms with Crippen molar-refractivity contribution in [1.29, 1.82) is 0 Å². The van der Waals surface area contributed by atoms with Gasteiger partial charge in [-0.25, -0.2) is 4.39 Å². The maximum Gasteiger partial charge on any atom is 0.283 e. The summed E-state index contributed by atoms with van der Waals surface area (Å²) in [7, 11) is 0. The van der Waals surface area contributed by atoms with Crippen molar-refractivity contribution >= 4 is 11.6 Å². The van der Waals surface area contributed by atoms with E-state index in [9.17, 15) is 9.18 Å². The average molecular weight is 370 g/mol. The first kappa shape index (κ1) is 17.4. The minimum atomic E-state index is -0.373. The van der Waals surface area contributed by atoms with Gasteiger partial charge in [-0.05, 0) is 56.3 Å². The molecular formula is C19H19FN4O3. The molecule has 0 radical (unpaired) electrons. The van der Waals surface area contributed by atoms with E-state index < -0.39 is 0 Å². The van der Waals surface area contributed by atoms with Gasteiger partial charge < -0.3 is 14.2 Å². The Morgan fingerprint density at radius 2 is 2.07 bits per heavy atom. The summed E-state index contributed by atoms with van der Waals surface area (Å²) in [5.74, 6) is 1.18. The first-order valence-electron chi connectivity index (χ1n) is 8.82. The molecule has 140 valence electrons. The van der Waals surface area contributed by atoms with Crippen molar-refractivity contribution in [3.8, 4) is 11.7 Å². The van der Waals surface area contributed by atoms with Crippen LogP contribution in [0.5, 0.6) is 0 Å². The molecule has 0 atom stereocenters. The lowest BCUT2D eigenvalue weighted by Gasteiger charge is -2.29. The number of hydrogen-bond donors (Lipinski definition) is 1. The lowest BCUT2D eigenvalue weighted by atomic mass is 9.97. The molecule has 1 aliphatic heterocycles. The predicted octanol–water partition coefficient (Wildman–Crippen LogP) is 3.29. The van der Waals surface area contributed by atoms with Crippen LogP contribution in [0.15, 0.2) is 51.5 Å². The van der Waals surface area contributed by atoms with Gasteiger partial charge in [0.25, 0.3) is 5.89 Å². The number of carbonyl (C=O) groups is 1. The molecule has 1 saturated heterocycles. The van der Waals surface area contributed by atoms with E-state index in [4.69, 9.17) is 8.83 Å². The molecule has 0 unspecified atom stereocenters. The van der Waals surface area contributed by atoms with Crippen molar-refractivity contribution in [2.45, 2.75) is 18.8 Å². The van der Waals surface area contributed by atoms with E-state index in [1.54, 1.807) is 30.5 Å². The summed E-state index contributed by atoms with van der Waals surface area (Å²) in [4.78, 5) is 14.2. The first-order valence-corrected chi connectivity index (χ1v) is 8.82. The normalized spacial score (nSPS) is 15.7. The highest BCUT2D eigenvalue weighted by Gasteiger charge is 2.26. The van der Waals surface area contributed by atoms with Crippen LogP contribution in [-0.4, -0.2) is 40.6 Å². The summed E-state index contributed by atoms with van der Waals surface area (Å²) in [5.41, 5.74) is 0.464. The van der Waals surface area contributed by atoms with Crippen molar-refractivity contribution in [2.24, 2.45) is 0 Å². The SMILES string of the molecule is O=C(CN1CCC(c2nnc(-c3ccco3)o2)CC1)Nc1cccc(F)c1. The highest BCUT2D eigenvalue weighted by molar-refractivity contribution is 5.92. The number of benzene rings is 1. The molecular weight excluding hydrogens is 351 g/mol. The number of halogens is 1. The third-order valence-electron chi connectivity index (χ3n) is 4.58. The Labute approximate surface area is 155 Å². The fourth-order valence-corrected chi connectivity index (χ4v) is 3.21. The van der Waals surface area contributed by atoms with Crippen LogP contribution < -0.4 is 5.32 Å². The molecule has 3 heterocycles. The number of rotatable bonds is 5. The van der Waals surface area contributed by atoms with E-state index in [0.29, 0.717) is 23.2 Å². The summed E-state index contributed by atoms with van der Waals surface area (Å²) >= 11 is 0. The minimum Gasteiger partial charge on any atom is -0.459 e. The molecule has 8 heteroatoms. The lowest BCUT2D eigenvalue weighted by Crippen LogP contribution is -2.38. The number of aromatic nitrogens is 2. The third-order valence-corrected chi connectivity index (χ3v) is 4.58. The molecule has 7 nitrogen and oxygen atoms in total. The monoisotopic (exact) mass is 370 g/mol. The zero-order chi connectivity index (χ0) is 18.6. The van der Waals surface area contributed by atoms with Gasteiger partial charge in [0.2, 0.25) is 11.8 Å². The van der Waals surface area contributed by atoms with Gasteiger partial charge in [-0.1, -0.05) is 6.07 Å². The summed E-state index contributed by atoms with van der Waals surface area (Å²) < 4.78 is 24.2. The van der Waals surface area contributed by atoms with Gasteiger partial charge in [-0.15, -0.1) is 10.2 Å². The molecule has 4 rings (SSSR count). The number of amides is 1. The van der Waals surface area contributed by atoms with Gasteiger partial charge in [0.15, 0.2) is 5.76 Å². The van der Waals surface area contributed by atoms with Gasteiger partial charge in [-0.2, -0.15) is 0 Å². The van der Waals surface area contributed by atoms with Crippen LogP contribution in [0.4, 0.5) is 10.1 Å². The van der Waals surface area contributed by atoms with Gasteiger partial charge in [0.05, 0.1) is 12.8 Å². The van der Waals surface area contributed by atoms with E-state index in [0.717, 1.165) is 25.9 Å². The highest BCUT2D eigenvalue weighted by atomic mass is 19.1. The molecule has 1 aliphatic rings. The topological polar surface area (TPSA) is 84.4 Å². The Morgan fingerprint density at radius 3 is 2.81 bits per heavy atom. The standard InChI is InChI=1S/C19H19FN4O3/c20-14-3-1-4-15(11-14)21-17(25)12-24-8-6-13(7-9-24)18-22-23-19(27-18)16-5-2-10-26-16/h1-5,10-11,13H,6-9,12H2,(H,21,25). The van der Waals surface area contributed by atoms with Crippen molar-refractivity contribution in [3.63, 3.8) is 0 Å². The van der Waals surface area contributed by atoms with Gasteiger partial charge in [0.1, 0.15) is 5.82 Å². The van der Waals surface area contributed by atoms with Crippen molar-refractivity contribution in [1.82, 2.24) is 15.1 Å². The number of nitrogens with zero attached hydrogens (tertiary/aromatic N) is 3. The number of furan rings is 1. The molecule has 2 aromatic heterocycles. The maximum atomic E-state index is 13.2. The second-order valence-electron chi connectivity index (χ2n) is 6.53. The van der Waals surface area contributed by atoms with E-state index in [-0.39, 0.29) is 24.2 Å². The first-order chi connectivity index (χ1) is 13.2. The Morgan fingerprint density at radius 1 is 1.22 bits per heavy atom. The Bertz CT molecular complexity index is 901. The molecule has 0 saturated carbocycles. The Kier molecular flexibility index (Phi) is 4.97. The predicted molar refractivity (Wildman–Crippen MR) is 95.4 cm³/mol. The average Bonchev–Trinajstić information content (AvgIpc) is 3.34. The van der Waals surface area contributed by atoms with Crippen LogP contribution in [0.25, 0.3) is 11.7 Å². The number of anilines is 1. The molecule has 3 aromatic rings. The maximum absolute atomic E-state index is 13.2. The van der Waals surface area contributed by atoms with E-state index in [1.165, 1.54) is 12.1 Å². The van der Waals surface area contributed by atoms with Crippen LogP contribution in [0.2, 0.25) is 0 Å². The van der Waals surface area contributed by atoms with Crippen LogP contribution >= 0.6 is 0 Å². The van der Waals surface area contributed by atoms with Gasteiger partial charge in [-0.3, -0.25) is 9.69 Å². The third kappa shape index (κ3) is 4.22. The fraction of sp³-hybridized carbons (Fsp3) is 0.316. The van der Waals surface area contributed by atoms with E-state index in [2.05, 4.69) is 20.4 Å². The number of nitrogens with one attached hydrogen (secondary N) is 1. The minimum absolute atomic E-state index is 0.156. The van der Waals surface area contributed by atoms with Crippen LogP contribution in [-0.2, 0) is 4.79 Å². The lowest BCUT2D eigenvalue weighted by molar-refractivity contribution is -0.117. The second kappa shape index (κ2) is 7.71. The molecule has 1 aromatic carbocycles. The molecule has 0 aliphatic carbocycles. The van der Waals surface area contributed by atoms with Crippen molar-refractivity contribution in [3.05, 3.63) is 54.4 Å². The number of likely N-dealkylation sites (tertiary alicyclic amines) is 1. The van der Waals surface area contributed by atoms with Crippen LogP contribution in [0.3, 0.4) is 0 Å². The Hall–Kier alpha value is -3.00. The van der Waals surface area contributed by atoms with Gasteiger partial charge in [0, 0.05) is 11.6 Å². The van der Waals surface area contributed by atoms with E-state index in [1.807, 2.05) is 0 Å². The van der Waals surface area contributed by atoms with Crippen LogP contribution in [0.1, 0.15) is 24.7 Å². The zero-order valence-electron chi connectivity index (χ0n) is 14.6. The summed E-state index contributed by atoms with van der Waals surface area (Å²) in [5, 5.41) is 10.9. The number of hydrogen-bond acceptors (Lipinski definition) is 6. The second-order valence-corrected chi connectivity index (χ2v) is 6.53. The summed E-state index contributed by atoms with van der Waals surface area (Å²) in [6.07, 6.45) is 3.21. The van der Waals surface area contributed by atoms with Crippen molar-refractivity contribution in [2.75, 3.05) is 25.0 Å². The molecule has 1 amide bonds. The molecule has 27 heavy (non-hydrogen) atoms. The molecule has 1 fully saturated rings. The quantitative estimate of drug-likeness (QED) is 0.742. The zero-order valence-corrected chi connectivity index (χ0v) is 14.6. The van der Waals surface area contributed by atoms with E-state index >= 15 is 0 Å². The number of piperidine rings is 1. The van der Waals surface area contributed by atoms with Gasteiger partial charge >= 0.3 is 0 Å².